The van der Waals surface area contributed by atoms with E-state index in [1.165, 1.54) is 6.07 Å². The molecule has 1 rings (SSSR count). The second kappa shape index (κ2) is 5.80. The maximum absolute atomic E-state index is 11.8. The Morgan fingerprint density at radius 2 is 2.06 bits per heavy atom. The van der Waals surface area contributed by atoms with Crippen molar-refractivity contribution in [2.24, 2.45) is 0 Å². The van der Waals surface area contributed by atoms with Crippen LogP contribution in [0.3, 0.4) is 0 Å². The van der Waals surface area contributed by atoms with Gasteiger partial charge < -0.3 is 10.2 Å². The van der Waals surface area contributed by atoms with Gasteiger partial charge in [0.25, 0.3) is 0 Å². The van der Waals surface area contributed by atoms with Crippen LogP contribution in [0.1, 0.15) is 34.0 Å². The van der Waals surface area contributed by atoms with Crippen LogP contribution < -0.4 is 0 Å². The maximum atomic E-state index is 11.8. The lowest BCUT2D eigenvalue weighted by Crippen LogP contribution is -2.16. The molecule has 0 aromatic heterocycles. The van der Waals surface area contributed by atoms with Gasteiger partial charge in [0.1, 0.15) is 0 Å². The van der Waals surface area contributed by atoms with E-state index in [1.807, 2.05) is 0 Å². The molecule has 0 heterocycles. The molecule has 0 amide bonds. The first-order chi connectivity index (χ1) is 7.99. The number of aryl methyl sites for hydroxylation is 1. The molecule has 2 N–H and O–H groups in total. The Hall–Kier alpha value is -1.39. The molecule has 1 atom stereocenters. The lowest BCUT2D eigenvalue weighted by atomic mass is 9.94. The van der Waals surface area contributed by atoms with Gasteiger partial charge in [-0.25, -0.2) is 4.79 Å². The summed E-state index contributed by atoms with van der Waals surface area (Å²) >= 11 is 5.48. The van der Waals surface area contributed by atoms with E-state index in [1.54, 1.807) is 19.1 Å². The zero-order valence-electron chi connectivity index (χ0n) is 9.31. The first kappa shape index (κ1) is 13.7. The van der Waals surface area contributed by atoms with Crippen molar-refractivity contribution in [3.05, 3.63) is 34.9 Å². The number of aliphatic hydroxyl groups is 1. The van der Waals surface area contributed by atoms with Crippen LogP contribution in [0.5, 0.6) is 0 Å². The summed E-state index contributed by atoms with van der Waals surface area (Å²) in [5.41, 5.74) is 0.941. The molecule has 92 valence electrons. The molecule has 0 saturated heterocycles. The molecule has 1 aromatic carbocycles. The third kappa shape index (κ3) is 3.05. The van der Waals surface area contributed by atoms with E-state index in [0.29, 0.717) is 5.56 Å². The number of carbonyl (C=O) groups is 2. The van der Waals surface area contributed by atoms with Gasteiger partial charge in [0.15, 0.2) is 11.9 Å². The number of hydrogen-bond donors (Lipinski definition) is 2. The van der Waals surface area contributed by atoms with E-state index < -0.39 is 12.1 Å². The van der Waals surface area contributed by atoms with E-state index >= 15 is 0 Å². The molecule has 1 unspecified atom stereocenters. The zero-order chi connectivity index (χ0) is 13.0. The standard InChI is InChI=1S/C12H13ClO4/c1-7-3-2-4-8(9(14)5-6-13)10(7)11(15)12(16)17/h2-4,11,15H,5-6H2,1H3,(H,16,17). The minimum atomic E-state index is -1.69. The molecule has 0 saturated carbocycles. The number of alkyl halides is 1. The number of carboxylic acids is 1. The Bertz CT molecular complexity index is 442. The molecule has 0 spiro atoms. The largest absolute Gasteiger partial charge is 0.479 e. The molecule has 5 heteroatoms. The van der Waals surface area contributed by atoms with Crippen LogP contribution in [0, 0.1) is 6.92 Å². The lowest BCUT2D eigenvalue weighted by molar-refractivity contribution is -0.147. The highest BCUT2D eigenvalue weighted by molar-refractivity contribution is 6.19. The van der Waals surface area contributed by atoms with Crippen molar-refractivity contribution in [2.75, 3.05) is 5.88 Å². The summed E-state index contributed by atoms with van der Waals surface area (Å²) in [4.78, 5) is 22.6. The fourth-order valence-electron chi connectivity index (χ4n) is 1.63. The Labute approximate surface area is 104 Å². The van der Waals surface area contributed by atoms with Gasteiger partial charge >= 0.3 is 5.97 Å². The fourth-order valence-corrected chi connectivity index (χ4v) is 1.80. The molecule has 0 aliphatic carbocycles. The molecule has 0 radical (unpaired) electrons. The molecular formula is C12H13ClO4. The normalized spacial score (nSPS) is 12.2. The minimum Gasteiger partial charge on any atom is -0.479 e. The van der Waals surface area contributed by atoms with Gasteiger partial charge in [-0.1, -0.05) is 18.2 Å². The summed E-state index contributed by atoms with van der Waals surface area (Å²) in [5, 5.41) is 18.4. The SMILES string of the molecule is Cc1cccc(C(=O)CCCl)c1C(O)C(=O)O. The van der Waals surface area contributed by atoms with Crippen LogP contribution in [0.25, 0.3) is 0 Å². The molecule has 17 heavy (non-hydrogen) atoms. The van der Waals surface area contributed by atoms with Crippen LogP contribution in [-0.4, -0.2) is 27.8 Å². The Morgan fingerprint density at radius 3 is 2.59 bits per heavy atom. The number of ketones is 1. The van der Waals surface area contributed by atoms with Gasteiger partial charge in [-0.15, -0.1) is 11.6 Å². The van der Waals surface area contributed by atoms with E-state index in [4.69, 9.17) is 16.7 Å². The maximum Gasteiger partial charge on any atom is 0.337 e. The summed E-state index contributed by atoms with van der Waals surface area (Å²) < 4.78 is 0. The Morgan fingerprint density at radius 1 is 1.41 bits per heavy atom. The summed E-state index contributed by atoms with van der Waals surface area (Å²) in [6, 6.07) is 4.80. The fraction of sp³-hybridized carbons (Fsp3) is 0.333. The molecule has 0 fully saturated rings. The van der Waals surface area contributed by atoms with E-state index in [-0.39, 0.29) is 29.2 Å². The smallest absolute Gasteiger partial charge is 0.337 e. The summed E-state index contributed by atoms with van der Waals surface area (Å²) in [5.74, 6) is -1.48. The van der Waals surface area contributed by atoms with Crippen molar-refractivity contribution in [1.29, 1.82) is 0 Å². The molecule has 1 aromatic rings. The number of Topliss-reactive ketones (excluding diaryl/α,β-unsaturated/α-hetero) is 1. The number of benzene rings is 1. The number of carboxylic acid groups (broad SMARTS) is 1. The highest BCUT2D eigenvalue weighted by Gasteiger charge is 2.24. The lowest BCUT2D eigenvalue weighted by Gasteiger charge is -2.14. The van der Waals surface area contributed by atoms with Crippen molar-refractivity contribution >= 4 is 23.4 Å². The molecule has 0 aliphatic rings. The molecule has 0 aliphatic heterocycles. The predicted molar refractivity (Wildman–Crippen MR) is 63.4 cm³/mol. The third-order valence-electron chi connectivity index (χ3n) is 2.45. The third-order valence-corrected chi connectivity index (χ3v) is 2.64. The van der Waals surface area contributed by atoms with E-state index in [2.05, 4.69) is 0 Å². The van der Waals surface area contributed by atoms with Gasteiger partial charge in [0.2, 0.25) is 0 Å². The quantitative estimate of drug-likeness (QED) is 0.624. The van der Waals surface area contributed by atoms with Gasteiger partial charge in [-0.05, 0) is 12.5 Å². The van der Waals surface area contributed by atoms with Crippen LogP contribution in [0.15, 0.2) is 18.2 Å². The van der Waals surface area contributed by atoms with Gasteiger partial charge in [-0.2, -0.15) is 0 Å². The zero-order valence-corrected chi connectivity index (χ0v) is 10.1. The number of hydrogen-bond acceptors (Lipinski definition) is 3. The van der Waals surface area contributed by atoms with Crippen molar-refractivity contribution in [3.8, 4) is 0 Å². The topological polar surface area (TPSA) is 74.6 Å². The summed E-state index contributed by atoms with van der Waals surface area (Å²) in [6.07, 6.45) is -1.57. The van der Waals surface area contributed by atoms with Crippen molar-refractivity contribution in [1.82, 2.24) is 0 Å². The summed E-state index contributed by atoms with van der Waals surface area (Å²) in [6.45, 7) is 1.65. The van der Waals surface area contributed by atoms with Gasteiger partial charge in [0.05, 0.1) is 0 Å². The Balaban J connectivity index is 3.26. The van der Waals surface area contributed by atoms with E-state index in [0.717, 1.165) is 0 Å². The van der Waals surface area contributed by atoms with Gasteiger partial charge in [-0.3, -0.25) is 4.79 Å². The second-order valence-corrected chi connectivity index (χ2v) is 4.02. The van der Waals surface area contributed by atoms with Crippen molar-refractivity contribution < 1.29 is 19.8 Å². The van der Waals surface area contributed by atoms with Crippen LogP contribution in [0.2, 0.25) is 0 Å². The molecular weight excluding hydrogens is 244 g/mol. The molecule has 4 nitrogen and oxygen atoms in total. The van der Waals surface area contributed by atoms with E-state index in [9.17, 15) is 14.7 Å². The van der Waals surface area contributed by atoms with Crippen LogP contribution in [-0.2, 0) is 4.79 Å². The number of rotatable bonds is 5. The number of aliphatic carboxylic acids is 1. The number of carbonyl (C=O) groups excluding carboxylic acids is 1. The average molecular weight is 257 g/mol. The molecule has 0 bridgehead atoms. The highest BCUT2D eigenvalue weighted by atomic mass is 35.5. The van der Waals surface area contributed by atoms with Crippen LogP contribution >= 0.6 is 11.6 Å². The van der Waals surface area contributed by atoms with Crippen molar-refractivity contribution in [3.63, 3.8) is 0 Å². The summed E-state index contributed by atoms with van der Waals surface area (Å²) in [7, 11) is 0. The second-order valence-electron chi connectivity index (χ2n) is 3.64. The number of halogens is 1. The first-order valence-corrected chi connectivity index (χ1v) is 5.62. The average Bonchev–Trinajstić information content (AvgIpc) is 2.28. The predicted octanol–water partition coefficient (Wildman–Crippen LogP) is 1.92. The highest BCUT2D eigenvalue weighted by Crippen LogP contribution is 2.23. The van der Waals surface area contributed by atoms with Gasteiger partial charge in [0, 0.05) is 23.4 Å². The van der Waals surface area contributed by atoms with Crippen LogP contribution in [0.4, 0.5) is 0 Å². The monoisotopic (exact) mass is 256 g/mol. The Kier molecular flexibility index (Phi) is 4.66. The minimum absolute atomic E-state index is 0.115. The van der Waals surface area contributed by atoms with Crippen molar-refractivity contribution in [2.45, 2.75) is 19.4 Å². The first-order valence-electron chi connectivity index (χ1n) is 5.08. The number of aliphatic hydroxyl groups excluding tert-OH is 1.